The summed E-state index contributed by atoms with van der Waals surface area (Å²) in [6.45, 7) is 4.64. The Balaban J connectivity index is 2.37. The number of aromatic nitrogens is 2. The molecular formula is C14H23N3O5S. The number of hydrogen-bond donors (Lipinski definition) is 1. The molecule has 0 spiro atoms. The Hall–Kier alpha value is -1.45. The van der Waals surface area contributed by atoms with Gasteiger partial charge in [-0.15, -0.1) is 0 Å². The molecule has 23 heavy (non-hydrogen) atoms. The number of carbonyl (C=O) groups is 1. The van der Waals surface area contributed by atoms with Crippen molar-refractivity contribution in [2.75, 3.05) is 20.3 Å². The molecule has 0 amide bonds. The van der Waals surface area contributed by atoms with E-state index in [0.717, 1.165) is 4.31 Å². The number of nitrogens with zero attached hydrogens (tertiary/aromatic N) is 3. The molecule has 1 aliphatic rings. The standard InChI is InChI=1S/C14H23N3O5S/c1-11(2)7-16-8-12(15-10-16)23(20,21)17-6-4-5-14(17,9-22-3)13(18)19/h8,10-11H,4-7,9H2,1-3H3,(H,18,19). The summed E-state index contributed by atoms with van der Waals surface area (Å²) in [6.07, 6.45) is 3.61. The maximum atomic E-state index is 12.9. The van der Waals surface area contributed by atoms with Crippen LogP contribution >= 0.6 is 0 Å². The summed E-state index contributed by atoms with van der Waals surface area (Å²) < 4.78 is 33.4. The van der Waals surface area contributed by atoms with E-state index in [1.165, 1.54) is 19.6 Å². The summed E-state index contributed by atoms with van der Waals surface area (Å²) in [6, 6.07) is 0. The average molecular weight is 345 g/mol. The van der Waals surface area contributed by atoms with Crippen LogP contribution in [0.5, 0.6) is 0 Å². The van der Waals surface area contributed by atoms with Crippen LogP contribution in [-0.2, 0) is 26.1 Å². The molecule has 1 aromatic heterocycles. The van der Waals surface area contributed by atoms with Crippen molar-refractivity contribution in [3.8, 4) is 0 Å². The molecule has 1 saturated heterocycles. The molecular weight excluding hydrogens is 322 g/mol. The molecule has 0 radical (unpaired) electrons. The molecule has 1 fully saturated rings. The maximum absolute atomic E-state index is 12.9. The van der Waals surface area contributed by atoms with Crippen molar-refractivity contribution in [3.05, 3.63) is 12.5 Å². The summed E-state index contributed by atoms with van der Waals surface area (Å²) in [4.78, 5) is 15.7. The van der Waals surface area contributed by atoms with Crippen LogP contribution in [0, 0.1) is 5.92 Å². The maximum Gasteiger partial charge on any atom is 0.327 e. The van der Waals surface area contributed by atoms with Crippen molar-refractivity contribution >= 4 is 16.0 Å². The van der Waals surface area contributed by atoms with E-state index in [-0.39, 0.29) is 24.6 Å². The number of imidazole rings is 1. The lowest BCUT2D eigenvalue weighted by Crippen LogP contribution is -2.55. The fraction of sp³-hybridized carbons (Fsp3) is 0.714. The van der Waals surface area contributed by atoms with Gasteiger partial charge < -0.3 is 14.4 Å². The van der Waals surface area contributed by atoms with Gasteiger partial charge in [0.15, 0.2) is 10.6 Å². The van der Waals surface area contributed by atoms with E-state index in [9.17, 15) is 18.3 Å². The molecule has 1 N–H and O–H groups in total. The number of aliphatic carboxylic acids is 1. The summed E-state index contributed by atoms with van der Waals surface area (Å²) in [5.41, 5.74) is -1.56. The van der Waals surface area contributed by atoms with E-state index in [0.29, 0.717) is 18.9 Å². The van der Waals surface area contributed by atoms with E-state index >= 15 is 0 Å². The van der Waals surface area contributed by atoms with E-state index in [4.69, 9.17) is 4.74 Å². The van der Waals surface area contributed by atoms with Gasteiger partial charge in [0.05, 0.1) is 12.9 Å². The van der Waals surface area contributed by atoms with Gasteiger partial charge in [0.25, 0.3) is 10.0 Å². The minimum absolute atomic E-state index is 0.123. The zero-order valence-corrected chi connectivity index (χ0v) is 14.4. The molecule has 2 heterocycles. The number of carboxylic acid groups (broad SMARTS) is 1. The number of sulfonamides is 1. The lowest BCUT2D eigenvalue weighted by atomic mass is 9.99. The Bertz CT molecular complexity index is 670. The monoisotopic (exact) mass is 345 g/mol. The molecule has 130 valence electrons. The van der Waals surface area contributed by atoms with Gasteiger partial charge in [-0.3, -0.25) is 4.79 Å². The van der Waals surface area contributed by atoms with Gasteiger partial charge in [-0.05, 0) is 18.8 Å². The fourth-order valence-electron chi connectivity index (χ4n) is 2.97. The summed E-state index contributed by atoms with van der Waals surface area (Å²) in [7, 11) is -2.62. The normalized spacial score (nSPS) is 22.8. The van der Waals surface area contributed by atoms with E-state index in [2.05, 4.69) is 4.98 Å². The van der Waals surface area contributed by atoms with Gasteiger partial charge in [-0.1, -0.05) is 13.8 Å². The largest absolute Gasteiger partial charge is 0.480 e. The highest BCUT2D eigenvalue weighted by atomic mass is 32.2. The van der Waals surface area contributed by atoms with Gasteiger partial charge in [0.2, 0.25) is 0 Å². The van der Waals surface area contributed by atoms with E-state index in [1.54, 1.807) is 4.57 Å². The molecule has 0 aliphatic carbocycles. The summed E-state index contributed by atoms with van der Waals surface area (Å²) in [5.74, 6) is -0.847. The third-order valence-electron chi connectivity index (χ3n) is 3.95. The van der Waals surface area contributed by atoms with Crippen LogP contribution in [-0.4, -0.2) is 59.2 Å². The number of ether oxygens (including phenoxy) is 1. The second-order valence-corrected chi connectivity index (χ2v) is 8.06. The quantitative estimate of drug-likeness (QED) is 0.784. The number of methoxy groups -OCH3 is 1. The molecule has 8 nitrogen and oxygen atoms in total. The Morgan fingerprint density at radius 2 is 2.22 bits per heavy atom. The van der Waals surface area contributed by atoms with Crippen LogP contribution in [0.2, 0.25) is 0 Å². The molecule has 2 rings (SSSR count). The molecule has 1 aliphatic heterocycles. The predicted octanol–water partition coefficient (Wildman–Crippen LogP) is 0.793. The van der Waals surface area contributed by atoms with Gasteiger partial charge in [0.1, 0.15) is 0 Å². The van der Waals surface area contributed by atoms with E-state index < -0.39 is 21.5 Å². The third kappa shape index (κ3) is 3.26. The van der Waals surface area contributed by atoms with Gasteiger partial charge in [0, 0.05) is 26.4 Å². The average Bonchev–Trinajstić information content (AvgIpc) is 3.06. The van der Waals surface area contributed by atoms with Crippen molar-refractivity contribution in [2.45, 2.75) is 43.8 Å². The van der Waals surface area contributed by atoms with Crippen molar-refractivity contribution < 1.29 is 23.1 Å². The fourth-order valence-corrected chi connectivity index (χ4v) is 4.70. The number of hydrogen-bond acceptors (Lipinski definition) is 5. The molecule has 9 heteroatoms. The Labute approximate surface area is 136 Å². The predicted molar refractivity (Wildman–Crippen MR) is 82.4 cm³/mol. The molecule has 0 aromatic carbocycles. The number of rotatable bonds is 7. The molecule has 1 aromatic rings. The molecule has 0 saturated carbocycles. The van der Waals surface area contributed by atoms with Crippen LogP contribution in [0.25, 0.3) is 0 Å². The first-order valence-electron chi connectivity index (χ1n) is 7.51. The zero-order chi connectivity index (χ0) is 17.3. The topological polar surface area (TPSA) is 102 Å². The van der Waals surface area contributed by atoms with Crippen molar-refractivity contribution in [3.63, 3.8) is 0 Å². The lowest BCUT2D eigenvalue weighted by Gasteiger charge is -2.32. The van der Waals surface area contributed by atoms with E-state index in [1.807, 2.05) is 13.8 Å². The van der Waals surface area contributed by atoms with Gasteiger partial charge in [-0.2, -0.15) is 4.31 Å². The van der Waals surface area contributed by atoms with Crippen molar-refractivity contribution in [1.82, 2.24) is 13.9 Å². The smallest absolute Gasteiger partial charge is 0.327 e. The van der Waals surface area contributed by atoms with Crippen LogP contribution < -0.4 is 0 Å². The first-order chi connectivity index (χ1) is 10.7. The Morgan fingerprint density at radius 3 is 2.78 bits per heavy atom. The van der Waals surface area contributed by atoms with Crippen molar-refractivity contribution in [1.29, 1.82) is 0 Å². The van der Waals surface area contributed by atoms with Crippen LogP contribution in [0.4, 0.5) is 0 Å². The first-order valence-corrected chi connectivity index (χ1v) is 8.95. The second-order valence-electron chi connectivity index (χ2n) is 6.25. The molecule has 0 bridgehead atoms. The highest BCUT2D eigenvalue weighted by Gasteiger charge is 2.54. The minimum Gasteiger partial charge on any atom is -0.480 e. The van der Waals surface area contributed by atoms with Crippen LogP contribution in [0.15, 0.2) is 17.6 Å². The summed E-state index contributed by atoms with van der Waals surface area (Å²) in [5, 5.41) is 9.46. The highest BCUT2D eigenvalue weighted by Crippen LogP contribution is 2.35. The Morgan fingerprint density at radius 1 is 1.52 bits per heavy atom. The zero-order valence-electron chi connectivity index (χ0n) is 13.6. The van der Waals surface area contributed by atoms with Crippen LogP contribution in [0.1, 0.15) is 26.7 Å². The minimum atomic E-state index is -3.99. The van der Waals surface area contributed by atoms with Crippen LogP contribution in [0.3, 0.4) is 0 Å². The van der Waals surface area contributed by atoms with Crippen molar-refractivity contribution in [2.24, 2.45) is 5.92 Å². The number of carboxylic acids is 1. The SMILES string of the molecule is COCC1(C(=O)O)CCCN1S(=O)(=O)c1cn(CC(C)C)cn1. The second kappa shape index (κ2) is 6.58. The Kier molecular flexibility index (Phi) is 5.12. The lowest BCUT2D eigenvalue weighted by molar-refractivity contribution is -0.150. The third-order valence-corrected chi connectivity index (χ3v) is 5.80. The van der Waals surface area contributed by atoms with Gasteiger partial charge >= 0.3 is 5.97 Å². The molecule has 1 atom stereocenters. The first kappa shape index (κ1) is 17.9. The highest BCUT2D eigenvalue weighted by molar-refractivity contribution is 7.89. The molecule has 1 unspecified atom stereocenters. The summed E-state index contributed by atoms with van der Waals surface area (Å²) >= 11 is 0. The van der Waals surface area contributed by atoms with Gasteiger partial charge in [-0.25, -0.2) is 13.4 Å².